The molecule has 1 saturated heterocycles. The van der Waals surface area contributed by atoms with Gasteiger partial charge in [0.1, 0.15) is 5.82 Å². The Labute approximate surface area is 108 Å². The van der Waals surface area contributed by atoms with Crippen molar-refractivity contribution < 1.29 is 9.53 Å². The molecule has 18 heavy (non-hydrogen) atoms. The third-order valence-electron chi connectivity index (χ3n) is 2.90. The lowest BCUT2D eigenvalue weighted by molar-refractivity contribution is 0.108. The summed E-state index contributed by atoms with van der Waals surface area (Å²) in [6.45, 7) is 2.96. The van der Waals surface area contributed by atoms with E-state index in [2.05, 4.69) is 15.0 Å². The van der Waals surface area contributed by atoms with Gasteiger partial charge >= 0.3 is 0 Å². The molecule has 94 valence electrons. The van der Waals surface area contributed by atoms with Gasteiger partial charge in [0.2, 0.25) is 0 Å². The van der Waals surface area contributed by atoms with Crippen molar-refractivity contribution in [2.24, 2.45) is 0 Å². The summed E-state index contributed by atoms with van der Waals surface area (Å²) in [5.41, 5.74) is 0.811. The highest BCUT2D eigenvalue weighted by molar-refractivity contribution is 6.68. The van der Waals surface area contributed by atoms with Crippen LogP contribution in [0, 0.1) is 0 Å². The molecule has 0 spiro atoms. The van der Waals surface area contributed by atoms with E-state index in [1.165, 1.54) is 6.20 Å². The zero-order valence-electron chi connectivity index (χ0n) is 9.54. The Morgan fingerprint density at radius 3 is 2.89 bits per heavy atom. The van der Waals surface area contributed by atoms with Gasteiger partial charge in [-0.2, -0.15) is 5.10 Å². The summed E-state index contributed by atoms with van der Waals surface area (Å²) in [7, 11) is 0. The van der Waals surface area contributed by atoms with Crippen molar-refractivity contribution in [2.45, 2.75) is 0 Å². The van der Waals surface area contributed by atoms with E-state index in [0.29, 0.717) is 24.4 Å². The number of carbonyl (C=O) groups excluding carboxylic acids is 1. The minimum atomic E-state index is -0.545. The van der Waals surface area contributed by atoms with Crippen molar-refractivity contribution in [1.29, 1.82) is 0 Å². The number of halogens is 1. The largest absolute Gasteiger partial charge is 0.378 e. The van der Waals surface area contributed by atoms with Crippen LogP contribution in [-0.4, -0.2) is 46.1 Å². The van der Waals surface area contributed by atoms with Crippen LogP contribution >= 0.6 is 11.6 Å². The second-order valence-electron chi connectivity index (χ2n) is 3.99. The Kier molecular flexibility index (Phi) is 2.89. The Hall–Kier alpha value is -1.66. The average molecular weight is 267 g/mol. The molecular weight excluding hydrogens is 256 g/mol. The summed E-state index contributed by atoms with van der Waals surface area (Å²) >= 11 is 5.50. The van der Waals surface area contributed by atoms with E-state index in [-0.39, 0.29) is 0 Å². The summed E-state index contributed by atoms with van der Waals surface area (Å²) in [6.07, 6.45) is 3.21. The van der Waals surface area contributed by atoms with Gasteiger partial charge in [0.05, 0.1) is 25.0 Å². The molecule has 0 N–H and O–H groups in total. The van der Waals surface area contributed by atoms with Gasteiger partial charge in [0.15, 0.2) is 5.65 Å². The summed E-state index contributed by atoms with van der Waals surface area (Å²) in [5, 5.41) is 3.49. The van der Waals surface area contributed by atoms with E-state index >= 15 is 0 Å². The highest BCUT2D eigenvalue weighted by Crippen LogP contribution is 2.17. The van der Waals surface area contributed by atoms with Crippen molar-refractivity contribution in [3.63, 3.8) is 0 Å². The summed E-state index contributed by atoms with van der Waals surface area (Å²) in [6, 6.07) is 1.87. The number of anilines is 1. The zero-order chi connectivity index (χ0) is 12.5. The smallest absolute Gasteiger partial charge is 0.257 e. The van der Waals surface area contributed by atoms with Crippen LogP contribution in [0.25, 0.3) is 5.65 Å². The number of aromatic nitrogens is 3. The van der Waals surface area contributed by atoms with Gasteiger partial charge in [0, 0.05) is 19.3 Å². The maximum Gasteiger partial charge on any atom is 0.257 e. The minimum Gasteiger partial charge on any atom is -0.378 e. The number of nitrogens with zero attached hydrogens (tertiary/aromatic N) is 4. The third-order valence-corrected chi connectivity index (χ3v) is 3.10. The van der Waals surface area contributed by atoms with E-state index in [1.807, 2.05) is 6.07 Å². The summed E-state index contributed by atoms with van der Waals surface area (Å²) < 4.78 is 6.83. The van der Waals surface area contributed by atoms with Crippen LogP contribution in [0.2, 0.25) is 0 Å². The molecule has 2 aromatic rings. The molecule has 6 nitrogen and oxygen atoms in total. The SMILES string of the molecule is O=C(Cl)c1cnn2ccc(N3CCOCC3)nc12. The highest BCUT2D eigenvalue weighted by atomic mass is 35.5. The lowest BCUT2D eigenvalue weighted by Gasteiger charge is -2.27. The molecule has 0 aromatic carbocycles. The second-order valence-corrected chi connectivity index (χ2v) is 4.33. The van der Waals surface area contributed by atoms with E-state index in [9.17, 15) is 4.79 Å². The molecule has 3 rings (SSSR count). The first-order chi connectivity index (χ1) is 8.75. The van der Waals surface area contributed by atoms with Crippen LogP contribution in [0.4, 0.5) is 5.82 Å². The van der Waals surface area contributed by atoms with Gasteiger partial charge in [-0.1, -0.05) is 0 Å². The fraction of sp³-hybridized carbons (Fsp3) is 0.364. The highest BCUT2D eigenvalue weighted by Gasteiger charge is 2.16. The Balaban J connectivity index is 2.03. The monoisotopic (exact) mass is 266 g/mol. The van der Waals surface area contributed by atoms with Crippen LogP contribution in [0.5, 0.6) is 0 Å². The minimum absolute atomic E-state index is 0.326. The van der Waals surface area contributed by atoms with Crippen molar-refractivity contribution in [3.05, 3.63) is 24.0 Å². The number of ether oxygens (including phenoxy) is 1. The Morgan fingerprint density at radius 2 is 2.17 bits per heavy atom. The molecule has 0 aliphatic carbocycles. The lowest BCUT2D eigenvalue weighted by Crippen LogP contribution is -2.36. The summed E-state index contributed by atoms with van der Waals surface area (Å²) in [4.78, 5) is 17.8. The van der Waals surface area contributed by atoms with Crippen LogP contribution in [0.3, 0.4) is 0 Å². The third kappa shape index (κ3) is 1.93. The van der Waals surface area contributed by atoms with Gasteiger partial charge in [-0.25, -0.2) is 9.50 Å². The van der Waals surface area contributed by atoms with E-state index < -0.39 is 5.24 Å². The van der Waals surface area contributed by atoms with Crippen molar-refractivity contribution in [3.8, 4) is 0 Å². The molecule has 1 aliphatic heterocycles. The molecule has 1 aliphatic rings. The van der Waals surface area contributed by atoms with Crippen LogP contribution < -0.4 is 4.90 Å². The van der Waals surface area contributed by atoms with Gasteiger partial charge in [0.25, 0.3) is 5.24 Å². The molecule has 0 unspecified atom stereocenters. The average Bonchev–Trinajstić information content (AvgIpc) is 2.82. The number of carbonyl (C=O) groups is 1. The molecule has 3 heterocycles. The van der Waals surface area contributed by atoms with Crippen LogP contribution in [-0.2, 0) is 4.74 Å². The van der Waals surface area contributed by atoms with Crippen LogP contribution in [0.15, 0.2) is 18.5 Å². The standard InChI is InChI=1S/C11H11ClN4O2/c12-10(17)8-7-13-16-2-1-9(14-11(8)16)15-3-5-18-6-4-15/h1-2,7H,3-6H2. The zero-order valence-corrected chi connectivity index (χ0v) is 10.3. The molecule has 0 radical (unpaired) electrons. The first-order valence-electron chi connectivity index (χ1n) is 5.62. The molecule has 1 fully saturated rings. The second kappa shape index (κ2) is 4.55. The fourth-order valence-electron chi connectivity index (χ4n) is 1.97. The molecule has 7 heteroatoms. The van der Waals surface area contributed by atoms with E-state index in [0.717, 1.165) is 18.9 Å². The number of hydrogen-bond donors (Lipinski definition) is 0. The van der Waals surface area contributed by atoms with E-state index in [1.54, 1.807) is 10.7 Å². The molecule has 0 amide bonds. The molecular formula is C11H11ClN4O2. The fourth-order valence-corrected chi connectivity index (χ4v) is 2.10. The van der Waals surface area contributed by atoms with Gasteiger partial charge in [-0.05, 0) is 17.7 Å². The molecule has 0 atom stereocenters. The first-order valence-corrected chi connectivity index (χ1v) is 6.00. The molecule has 0 saturated carbocycles. The Morgan fingerprint density at radius 1 is 1.39 bits per heavy atom. The lowest BCUT2D eigenvalue weighted by atomic mass is 10.3. The number of fused-ring (bicyclic) bond motifs is 1. The molecule has 2 aromatic heterocycles. The van der Waals surface area contributed by atoms with Crippen LogP contribution in [0.1, 0.15) is 10.4 Å². The first kappa shape index (κ1) is 11.4. The summed E-state index contributed by atoms with van der Waals surface area (Å²) in [5.74, 6) is 0.811. The van der Waals surface area contributed by atoms with Gasteiger partial charge in [-0.3, -0.25) is 4.79 Å². The predicted octanol–water partition coefficient (Wildman–Crippen LogP) is 0.945. The number of morpholine rings is 1. The van der Waals surface area contributed by atoms with Crippen molar-refractivity contribution in [1.82, 2.24) is 14.6 Å². The molecule has 0 bridgehead atoms. The van der Waals surface area contributed by atoms with Gasteiger partial charge < -0.3 is 9.64 Å². The quantitative estimate of drug-likeness (QED) is 0.758. The predicted molar refractivity (Wildman–Crippen MR) is 66.2 cm³/mol. The normalized spacial score (nSPS) is 16.2. The Bertz CT molecular complexity index is 592. The van der Waals surface area contributed by atoms with Crippen molar-refractivity contribution >= 4 is 28.3 Å². The number of hydrogen-bond acceptors (Lipinski definition) is 5. The van der Waals surface area contributed by atoms with Gasteiger partial charge in [-0.15, -0.1) is 0 Å². The topological polar surface area (TPSA) is 59.7 Å². The maximum atomic E-state index is 11.2. The van der Waals surface area contributed by atoms with Crippen molar-refractivity contribution in [2.75, 3.05) is 31.2 Å². The maximum absolute atomic E-state index is 11.2. The van der Waals surface area contributed by atoms with E-state index in [4.69, 9.17) is 16.3 Å². The number of rotatable bonds is 2.